The van der Waals surface area contributed by atoms with E-state index in [1.165, 1.54) is 6.07 Å². The van der Waals surface area contributed by atoms with Crippen molar-refractivity contribution in [3.63, 3.8) is 0 Å². The fraction of sp³-hybridized carbons (Fsp3) is 0.0625. The fourth-order valence-electron chi connectivity index (χ4n) is 2.10. The van der Waals surface area contributed by atoms with Gasteiger partial charge in [-0.3, -0.25) is 9.78 Å². The first-order valence-electron chi connectivity index (χ1n) is 6.73. The molecule has 1 aromatic carbocycles. The number of aromatic nitrogens is 2. The van der Waals surface area contributed by atoms with Gasteiger partial charge in [-0.25, -0.2) is 4.98 Å². The molecule has 0 aliphatic rings. The quantitative estimate of drug-likeness (QED) is 0.736. The highest BCUT2D eigenvalue weighted by atomic mass is 35.5. The summed E-state index contributed by atoms with van der Waals surface area (Å²) in [6.07, 6.45) is -2.01. The van der Waals surface area contributed by atoms with E-state index in [0.717, 1.165) is 23.7 Å². The highest BCUT2D eigenvalue weighted by Crippen LogP contribution is 2.28. The van der Waals surface area contributed by atoms with Crippen LogP contribution in [0.4, 0.5) is 18.9 Å². The van der Waals surface area contributed by atoms with Gasteiger partial charge in [-0.1, -0.05) is 17.7 Å². The Kier molecular flexibility index (Phi) is 4.11. The molecule has 122 valence electrons. The van der Waals surface area contributed by atoms with E-state index in [2.05, 4.69) is 15.3 Å². The average molecular weight is 352 g/mol. The molecule has 2 heterocycles. The number of pyridine rings is 2. The van der Waals surface area contributed by atoms with E-state index in [0.29, 0.717) is 5.52 Å². The van der Waals surface area contributed by atoms with Gasteiger partial charge in [-0.15, -0.1) is 0 Å². The monoisotopic (exact) mass is 351 g/mol. The number of alkyl halides is 3. The van der Waals surface area contributed by atoms with Crippen LogP contribution in [-0.2, 0) is 6.18 Å². The van der Waals surface area contributed by atoms with Gasteiger partial charge in [0.1, 0.15) is 5.69 Å². The zero-order valence-corrected chi connectivity index (χ0v) is 12.7. The summed E-state index contributed by atoms with van der Waals surface area (Å²) in [5, 5.41) is 3.45. The van der Waals surface area contributed by atoms with E-state index in [1.807, 2.05) is 0 Å². The first kappa shape index (κ1) is 16.2. The van der Waals surface area contributed by atoms with Gasteiger partial charge in [0.2, 0.25) is 0 Å². The van der Waals surface area contributed by atoms with E-state index in [-0.39, 0.29) is 16.3 Å². The molecule has 4 nitrogen and oxygen atoms in total. The summed E-state index contributed by atoms with van der Waals surface area (Å²) in [4.78, 5) is 19.7. The highest BCUT2D eigenvalue weighted by molar-refractivity contribution is 6.35. The Bertz CT molecular complexity index is 911. The van der Waals surface area contributed by atoms with Crippen molar-refractivity contribution in [3.05, 3.63) is 65.1 Å². The van der Waals surface area contributed by atoms with Gasteiger partial charge in [-0.05, 0) is 30.3 Å². The van der Waals surface area contributed by atoms with Crippen molar-refractivity contribution in [1.82, 2.24) is 9.97 Å². The minimum absolute atomic E-state index is 0.130. The molecule has 8 heteroatoms. The first-order valence-corrected chi connectivity index (χ1v) is 7.11. The Morgan fingerprint density at radius 2 is 1.92 bits per heavy atom. The lowest BCUT2D eigenvalue weighted by Crippen LogP contribution is -2.14. The summed E-state index contributed by atoms with van der Waals surface area (Å²) < 4.78 is 37.4. The maximum Gasteiger partial charge on any atom is 0.433 e. The molecule has 0 aliphatic carbocycles. The number of hydrogen-bond donors (Lipinski definition) is 1. The Morgan fingerprint density at radius 3 is 2.58 bits per heavy atom. The lowest BCUT2D eigenvalue weighted by atomic mass is 10.1. The van der Waals surface area contributed by atoms with Crippen molar-refractivity contribution in [2.45, 2.75) is 6.18 Å². The molecule has 24 heavy (non-hydrogen) atoms. The molecule has 2 aromatic heterocycles. The second-order valence-corrected chi connectivity index (χ2v) is 5.32. The summed E-state index contributed by atoms with van der Waals surface area (Å²) in [5.74, 6) is -0.561. The van der Waals surface area contributed by atoms with Gasteiger partial charge in [0.05, 0.1) is 28.0 Å². The maximum absolute atomic E-state index is 12.5. The van der Waals surface area contributed by atoms with Crippen molar-refractivity contribution >= 4 is 34.1 Å². The second kappa shape index (κ2) is 6.09. The molecule has 0 saturated heterocycles. The van der Waals surface area contributed by atoms with Crippen LogP contribution in [0.5, 0.6) is 0 Å². The fourth-order valence-corrected chi connectivity index (χ4v) is 2.36. The molecule has 0 aliphatic heterocycles. The number of hydrogen-bond acceptors (Lipinski definition) is 3. The summed E-state index contributed by atoms with van der Waals surface area (Å²) in [6.45, 7) is 0. The largest absolute Gasteiger partial charge is 0.433 e. The Hall–Kier alpha value is -2.67. The average Bonchev–Trinajstić information content (AvgIpc) is 2.53. The minimum atomic E-state index is -4.53. The number of halogens is 4. The molecule has 0 bridgehead atoms. The SMILES string of the molecule is O=C(Nc1ccc(C(F)(F)F)nc1)c1cc2ncccc2cc1Cl. The molecular formula is C16H9ClF3N3O. The molecule has 3 aromatic rings. The van der Waals surface area contributed by atoms with Crippen LogP contribution in [0, 0.1) is 0 Å². The van der Waals surface area contributed by atoms with Crippen LogP contribution in [0.15, 0.2) is 48.8 Å². The zero-order valence-electron chi connectivity index (χ0n) is 11.9. The molecule has 3 rings (SSSR count). The van der Waals surface area contributed by atoms with Gasteiger partial charge < -0.3 is 5.32 Å². The molecule has 1 amide bonds. The van der Waals surface area contributed by atoms with Gasteiger partial charge >= 0.3 is 6.18 Å². The van der Waals surface area contributed by atoms with Crippen molar-refractivity contribution in [2.75, 3.05) is 5.32 Å². The normalized spacial score (nSPS) is 11.5. The molecule has 0 spiro atoms. The van der Waals surface area contributed by atoms with Crippen LogP contribution < -0.4 is 5.32 Å². The maximum atomic E-state index is 12.5. The van der Waals surface area contributed by atoms with Crippen molar-refractivity contribution in [2.24, 2.45) is 0 Å². The smallest absolute Gasteiger partial charge is 0.321 e. The second-order valence-electron chi connectivity index (χ2n) is 4.91. The molecular weight excluding hydrogens is 343 g/mol. The number of rotatable bonds is 2. The van der Waals surface area contributed by atoms with E-state index >= 15 is 0 Å². The lowest BCUT2D eigenvalue weighted by Gasteiger charge is -2.09. The van der Waals surface area contributed by atoms with Gasteiger partial charge in [-0.2, -0.15) is 13.2 Å². The summed E-state index contributed by atoms with van der Waals surface area (Å²) in [6, 6.07) is 8.58. The number of carbonyl (C=O) groups is 1. The minimum Gasteiger partial charge on any atom is -0.321 e. The standard InChI is InChI=1S/C16H9ClF3N3O/c17-12-6-9-2-1-5-21-13(9)7-11(12)15(24)23-10-3-4-14(22-8-10)16(18,19)20/h1-8H,(H,23,24). The van der Waals surface area contributed by atoms with Gasteiger partial charge in [0.25, 0.3) is 5.91 Å². The lowest BCUT2D eigenvalue weighted by molar-refractivity contribution is -0.141. The number of amides is 1. The Balaban J connectivity index is 1.86. The molecule has 0 atom stereocenters. The molecule has 0 radical (unpaired) electrons. The first-order chi connectivity index (χ1) is 11.3. The third-order valence-electron chi connectivity index (χ3n) is 3.25. The van der Waals surface area contributed by atoms with E-state index < -0.39 is 17.8 Å². The number of anilines is 1. The molecule has 0 fully saturated rings. The number of benzene rings is 1. The molecule has 0 unspecified atom stereocenters. The highest BCUT2D eigenvalue weighted by Gasteiger charge is 2.32. The van der Waals surface area contributed by atoms with Crippen LogP contribution in [0.1, 0.15) is 16.1 Å². The predicted molar refractivity (Wildman–Crippen MR) is 83.9 cm³/mol. The van der Waals surface area contributed by atoms with E-state index in [4.69, 9.17) is 11.6 Å². The molecule has 1 N–H and O–H groups in total. The number of fused-ring (bicyclic) bond motifs is 1. The van der Waals surface area contributed by atoms with E-state index in [1.54, 1.807) is 24.4 Å². The number of nitrogens with zero attached hydrogens (tertiary/aromatic N) is 2. The van der Waals surface area contributed by atoms with Crippen molar-refractivity contribution < 1.29 is 18.0 Å². The van der Waals surface area contributed by atoms with Crippen LogP contribution >= 0.6 is 11.6 Å². The topological polar surface area (TPSA) is 54.9 Å². The summed E-state index contributed by atoms with van der Waals surface area (Å²) in [7, 11) is 0. The third kappa shape index (κ3) is 3.30. The number of carbonyl (C=O) groups excluding carboxylic acids is 1. The Labute approximate surface area is 139 Å². The van der Waals surface area contributed by atoms with Crippen LogP contribution in [0.25, 0.3) is 10.9 Å². The molecule has 0 saturated carbocycles. The van der Waals surface area contributed by atoms with Crippen LogP contribution in [-0.4, -0.2) is 15.9 Å². The van der Waals surface area contributed by atoms with Crippen LogP contribution in [0.3, 0.4) is 0 Å². The summed E-state index contributed by atoms with van der Waals surface area (Å²) >= 11 is 6.10. The van der Waals surface area contributed by atoms with Crippen LogP contribution in [0.2, 0.25) is 5.02 Å². The third-order valence-corrected chi connectivity index (χ3v) is 3.56. The van der Waals surface area contributed by atoms with E-state index in [9.17, 15) is 18.0 Å². The summed E-state index contributed by atoms with van der Waals surface area (Å²) in [5.41, 5.74) is -0.154. The Morgan fingerprint density at radius 1 is 1.12 bits per heavy atom. The van der Waals surface area contributed by atoms with Gasteiger partial charge in [0, 0.05) is 11.6 Å². The number of nitrogens with one attached hydrogen (secondary N) is 1. The van der Waals surface area contributed by atoms with Gasteiger partial charge in [0.15, 0.2) is 0 Å². The van der Waals surface area contributed by atoms with Crippen molar-refractivity contribution in [3.8, 4) is 0 Å². The predicted octanol–water partition coefficient (Wildman–Crippen LogP) is 4.55. The van der Waals surface area contributed by atoms with Crippen molar-refractivity contribution in [1.29, 1.82) is 0 Å². The zero-order chi connectivity index (χ0) is 17.3.